The molecule has 0 spiro atoms. The Kier molecular flexibility index (Phi) is 11.9. The standard InChI is InChI=1S/C29H55NO5Si2/c1-10-11-15-19-28(2,32)21-18-25-24(23-34-36(4,5)6)22-26-29(25,30(26)35-37(7,8)9)20-16-13-12-14-17-27(31)33-3/h13,16,18,21,24-26,32H,10-12,14-15,17,19-20,22-23H2,1-9H3/b16-13-,21-18+/t24-,25-,26?,28?,29+,30?/m0/s1. The van der Waals surface area contributed by atoms with Gasteiger partial charge in [-0.2, -0.15) is 5.06 Å². The van der Waals surface area contributed by atoms with Crippen LogP contribution in [0.3, 0.4) is 0 Å². The number of unbranched alkanes of at least 4 members (excludes halogenated alkanes) is 3. The fourth-order valence-electron chi connectivity index (χ4n) is 5.53. The number of nitrogens with zero attached hydrogens (tertiary/aromatic N) is 1. The van der Waals surface area contributed by atoms with Crippen LogP contribution in [0.4, 0.5) is 0 Å². The number of esters is 1. The molecule has 37 heavy (non-hydrogen) atoms. The lowest BCUT2D eigenvalue weighted by Crippen LogP contribution is -2.39. The lowest BCUT2D eigenvalue weighted by molar-refractivity contribution is -0.140. The number of carbonyl (C=O) groups is 1. The summed E-state index contributed by atoms with van der Waals surface area (Å²) in [6, 6.07) is 0.369. The molecule has 0 amide bonds. The van der Waals surface area contributed by atoms with Crippen LogP contribution in [-0.2, 0) is 18.5 Å². The van der Waals surface area contributed by atoms with Crippen LogP contribution in [-0.4, -0.2) is 63.7 Å². The van der Waals surface area contributed by atoms with Crippen molar-refractivity contribution >= 4 is 22.6 Å². The molecule has 0 aromatic carbocycles. The fraction of sp³-hybridized carbons (Fsp3) is 0.828. The van der Waals surface area contributed by atoms with Gasteiger partial charge in [0.2, 0.25) is 8.32 Å². The molecule has 1 saturated heterocycles. The van der Waals surface area contributed by atoms with Gasteiger partial charge in [-0.1, -0.05) is 50.5 Å². The third kappa shape index (κ3) is 10.0. The first-order valence-electron chi connectivity index (χ1n) is 14.4. The Balaban J connectivity index is 2.25. The highest BCUT2D eigenvalue weighted by Crippen LogP contribution is 2.62. The summed E-state index contributed by atoms with van der Waals surface area (Å²) < 4.78 is 17.8. The minimum Gasteiger partial charge on any atom is -0.469 e. The van der Waals surface area contributed by atoms with Gasteiger partial charge in [0.1, 0.15) is 0 Å². The van der Waals surface area contributed by atoms with E-state index in [4.69, 9.17) is 13.7 Å². The van der Waals surface area contributed by atoms with Crippen molar-refractivity contribution in [1.29, 1.82) is 0 Å². The highest BCUT2D eigenvalue weighted by atomic mass is 28.4. The zero-order valence-electron chi connectivity index (χ0n) is 25.1. The molecular formula is C29H55NO5Si2. The van der Waals surface area contributed by atoms with Gasteiger partial charge >= 0.3 is 5.97 Å². The van der Waals surface area contributed by atoms with Gasteiger partial charge in [-0.05, 0) is 84.2 Å². The number of rotatable bonds is 17. The summed E-state index contributed by atoms with van der Waals surface area (Å²) in [6.45, 7) is 18.4. The summed E-state index contributed by atoms with van der Waals surface area (Å²) in [6.07, 6.45) is 17.0. The summed E-state index contributed by atoms with van der Waals surface area (Å²) in [5.41, 5.74) is -0.899. The van der Waals surface area contributed by atoms with Gasteiger partial charge in [0.05, 0.1) is 24.3 Å². The largest absolute Gasteiger partial charge is 0.469 e. The molecular weight excluding hydrogens is 498 g/mol. The Hall–Kier alpha value is -0.776. The number of hydrogen-bond donors (Lipinski definition) is 1. The second kappa shape index (κ2) is 13.5. The van der Waals surface area contributed by atoms with Crippen molar-refractivity contribution in [1.82, 2.24) is 5.06 Å². The maximum atomic E-state index is 11.4. The highest BCUT2D eigenvalue weighted by molar-refractivity contribution is 6.70. The fourth-order valence-corrected chi connectivity index (χ4v) is 7.13. The van der Waals surface area contributed by atoms with Crippen molar-refractivity contribution in [3.05, 3.63) is 24.3 Å². The topological polar surface area (TPSA) is 68.0 Å². The van der Waals surface area contributed by atoms with Crippen molar-refractivity contribution in [3.8, 4) is 0 Å². The average molecular weight is 554 g/mol. The van der Waals surface area contributed by atoms with Gasteiger partial charge < -0.3 is 18.8 Å². The van der Waals surface area contributed by atoms with Gasteiger partial charge in [0, 0.05) is 18.9 Å². The molecule has 0 radical (unpaired) electrons. The zero-order chi connectivity index (χ0) is 27.9. The molecule has 6 atom stereocenters. The highest BCUT2D eigenvalue weighted by Gasteiger charge is 2.73. The Morgan fingerprint density at radius 1 is 1.11 bits per heavy atom. The molecule has 214 valence electrons. The van der Waals surface area contributed by atoms with E-state index in [1.807, 2.05) is 6.92 Å². The number of hydroxylamine groups is 2. The number of methoxy groups -OCH3 is 1. The molecule has 0 aromatic heterocycles. The Morgan fingerprint density at radius 2 is 1.81 bits per heavy atom. The summed E-state index contributed by atoms with van der Waals surface area (Å²) in [7, 11) is -1.98. The molecule has 0 bridgehead atoms. The predicted octanol–water partition coefficient (Wildman–Crippen LogP) is 6.84. The smallest absolute Gasteiger partial charge is 0.305 e. The van der Waals surface area contributed by atoms with Crippen LogP contribution >= 0.6 is 0 Å². The predicted molar refractivity (Wildman–Crippen MR) is 157 cm³/mol. The number of allylic oxidation sites excluding steroid dienone is 1. The molecule has 2 fully saturated rings. The second-order valence-electron chi connectivity index (χ2n) is 13.3. The molecule has 2 aliphatic rings. The lowest BCUT2D eigenvalue weighted by atomic mass is 9.83. The van der Waals surface area contributed by atoms with Gasteiger partial charge in [0.25, 0.3) is 0 Å². The minimum absolute atomic E-state index is 0.0946. The number of fused-ring (bicyclic) bond motifs is 1. The van der Waals surface area contributed by atoms with Crippen LogP contribution in [0.25, 0.3) is 0 Å². The van der Waals surface area contributed by atoms with Crippen molar-refractivity contribution < 1.29 is 23.6 Å². The van der Waals surface area contributed by atoms with Crippen LogP contribution in [0.15, 0.2) is 24.3 Å². The van der Waals surface area contributed by atoms with E-state index in [9.17, 15) is 9.90 Å². The van der Waals surface area contributed by atoms with E-state index >= 15 is 0 Å². The van der Waals surface area contributed by atoms with E-state index in [1.165, 1.54) is 7.11 Å². The molecule has 1 aliphatic carbocycles. The monoisotopic (exact) mass is 553 g/mol. The molecule has 1 aliphatic heterocycles. The first kappa shape index (κ1) is 32.4. The first-order chi connectivity index (χ1) is 17.1. The summed E-state index contributed by atoms with van der Waals surface area (Å²) in [5.74, 6) is 0.511. The molecule has 8 heteroatoms. The van der Waals surface area contributed by atoms with Gasteiger partial charge in [0.15, 0.2) is 8.32 Å². The maximum Gasteiger partial charge on any atom is 0.305 e. The van der Waals surface area contributed by atoms with Crippen LogP contribution in [0, 0.1) is 11.8 Å². The van der Waals surface area contributed by atoms with E-state index < -0.39 is 22.2 Å². The molecule has 1 saturated carbocycles. The van der Waals surface area contributed by atoms with E-state index in [1.54, 1.807) is 0 Å². The van der Waals surface area contributed by atoms with Crippen molar-refractivity contribution in [2.75, 3.05) is 13.7 Å². The SMILES string of the molecule is CCCCCC(C)(O)/C=C/[C@H]1[C@H](CO[Si](C)(C)C)CC2N(O[Si](C)(C)C)[C@@]21C/C=C\CCCC(=O)OC. The van der Waals surface area contributed by atoms with Crippen LogP contribution in [0.2, 0.25) is 39.3 Å². The third-order valence-corrected chi connectivity index (χ3v) is 9.23. The van der Waals surface area contributed by atoms with Crippen molar-refractivity contribution in [2.45, 2.75) is 128 Å². The molecule has 3 unspecified atom stereocenters. The van der Waals surface area contributed by atoms with Gasteiger partial charge in [-0.15, -0.1) is 0 Å². The second-order valence-corrected chi connectivity index (χ2v) is 22.2. The molecule has 2 rings (SSSR count). The van der Waals surface area contributed by atoms with E-state index in [0.717, 1.165) is 58.0 Å². The average Bonchev–Trinajstić information content (AvgIpc) is 3.21. The third-order valence-electron chi connectivity index (χ3n) is 7.46. The van der Waals surface area contributed by atoms with Crippen molar-refractivity contribution in [3.63, 3.8) is 0 Å². The van der Waals surface area contributed by atoms with Crippen molar-refractivity contribution in [2.24, 2.45) is 11.8 Å². The molecule has 1 heterocycles. The lowest BCUT2D eigenvalue weighted by Gasteiger charge is -2.33. The van der Waals surface area contributed by atoms with Crippen LogP contribution in [0.5, 0.6) is 0 Å². The van der Waals surface area contributed by atoms with Crippen LogP contribution < -0.4 is 0 Å². The van der Waals surface area contributed by atoms with E-state index in [-0.39, 0.29) is 17.4 Å². The maximum absolute atomic E-state index is 11.4. The Labute approximate surface area is 229 Å². The number of hydrogen-bond acceptors (Lipinski definition) is 6. The molecule has 6 nitrogen and oxygen atoms in total. The summed E-state index contributed by atoms with van der Waals surface area (Å²) >= 11 is 0. The van der Waals surface area contributed by atoms with E-state index in [0.29, 0.717) is 18.4 Å². The number of ether oxygens (including phenoxy) is 1. The number of carbonyl (C=O) groups excluding carboxylic acids is 1. The van der Waals surface area contributed by atoms with Crippen LogP contribution in [0.1, 0.15) is 71.6 Å². The molecule has 1 N–H and O–H groups in total. The minimum atomic E-state index is -1.78. The van der Waals surface area contributed by atoms with Gasteiger partial charge in [-0.25, -0.2) is 0 Å². The van der Waals surface area contributed by atoms with E-state index in [2.05, 4.69) is 75.6 Å². The normalized spacial score (nSPS) is 29.6. The summed E-state index contributed by atoms with van der Waals surface area (Å²) in [4.78, 5) is 11.4. The Morgan fingerprint density at radius 3 is 2.41 bits per heavy atom. The first-order valence-corrected chi connectivity index (χ1v) is 21.2. The number of piperidine rings is 1. The quantitative estimate of drug-likeness (QED) is 0.0699. The Bertz CT molecular complexity index is 786. The van der Waals surface area contributed by atoms with Gasteiger partial charge in [-0.3, -0.25) is 4.79 Å². The molecule has 0 aromatic rings. The summed E-state index contributed by atoms with van der Waals surface area (Å²) in [5, 5.41) is 13.4. The number of aliphatic hydroxyl groups is 1. The zero-order valence-corrected chi connectivity index (χ0v) is 27.1.